The Hall–Kier alpha value is -3.17. The molecule has 2 aromatic heterocycles. The van der Waals surface area contributed by atoms with Crippen molar-refractivity contribution in [3.8, 4) is 10.6 Å². The highest BCUT2D eigenvalue weighted by molar-refractivity contribution is 7.92. The molecule has 1 N–H and O–H groups in total. The van der Waals surface area contributed by atoms with Crippen molar-refractivity contribution in [1.82, 2.24) is 4.98 Å². The number of hydrogen-bond acceptors (Lipinski definition) is 7. The van der Waals surface area contributed by atoms with Crippen molar-refractivity contribution in [3.05, 3.63) is 65.9 Å². The number of thiazole rings is 1. The fourth-order valence-corrected chi connectivity index (χ4v) is 4.96. The molecule has 0 aliphatic carbocycles. The molecular weight excluding hydrogens is 412 g/mol. The van der Waals surface area contributed by atoms with Gasteiger partial charge in [0.25, 0.3) is 10.0 Å². The second-order valence-electron chi connectivity index (χ2n) is 6.13. The molecule has 0 aliphatic heterocycles. The highest BCUT2D eigenvalue weighted by Gasteiger charge is 2.30. The fraction of sp³-hybridized carbons (Fsp3) is 0.100. The minimum absolute atomic E-state index is 0.0731. The number of aromatic nitrogens is 1. The zero-order valence-corrected chi connectivity index (χ0v) is 17.1. The van der Waals surface area contributed by atoms with Crippen molar-refractivity contribution in [2.75, 3.05) is 11.8 Å². The minimum atomic E-state index is -3.93. The van der Waals surface area contributed by atoms with Gasteiger partial charge in [0.15, 0.2) is 0 Å². The van der Waals surface area contributed by atoms with E-state index >= 15 is 0 Å². The quantitative estimate of drug-likeness (QED) is 0.472. The van der Waals surface area contributed by atoms with E-state index in [4.69, 9.17) is 9.15 Å². The first-order valence-electron chi connectivity index (χ1n) is 8.56. The monoisotopic (exact) mass is 428 g/mol. The molecule has 0 amide bonds. The van der Waals surface area contributed by atoms with Crippen LogP contribution in [0.1, 0.15) is 16.1 Å². The molecule has 0 fully saturated rings. The van der Waals surface area contributed by atoms with E-state index in [-0.39, 0.29) is 27.7 Å². The van der Waals surface area contributed by atoms with Crippen LogP contribution < -0.4 is 4.72 Å². The van der Waals surface area contributed by atoms with Crippen molar-refractivity contribution in [2.24, 2.45) is 0 Å². The lowest BCUT2D eigenvalue weighted by atomic mass is 10.1. The number of aryl methyl sites for hydroxylation is 1. The summed E-state index contributed by atoms with van der Waals surface area (Å²) in [6.45, 7) is 1.57. The van der Waals surface area contributed by atoms with Crippen LogP contribution in [0.5, 0.6) is 0 Å². The number of anilines is 1. The van der Waals surface area contributed by atoms with Gasteiger partial charge in [-0.05, 0) is 31.2 Å². The number of hydrogen-bond donors (Lipinski definition) is 1. The Morgan fingerprint density at radius 3 is 2.48 bits per heavy atom. The summed E-state index contributed by atoms with van der Waals surface area (Å²) in [5, 5.41) is 0.453. The van der Waals surface area contributed by atoms with Crippen LogP contribution in [0, 0.1) is 6.92 Å². The topological polar surface area (TPSA) is 98.5 Å². The number of esters is 1. The first-order chi connectivity index (χ1) is 13.9. The molecule has 0 aliphatic rings. The number of rotatable bonds is 5. The van der Waals surface area contributed by atoms with Crippen LogP contribution in [0.4, 0.5) is 5.88 Å². The Morgan fingerprint density at radius 2 is 1.79 bits per heavy atom. The van der Waals surface area contributed by atoms with Gasteiger partial charge in [0.2, 0.25) is 5.88 Å². The summed E-state index contributed by atoms with van der Waals surface area (Å²) in [7, 11) is -2.67. The predicted octanol–water partition coefficient (Wildman–Crippen LogP) is 4.45. The standard InChI is InChI=1S/C20H16N2O5S2/c1-12-16(20(23)26-2)17(19-21-14-10-6-7-11-15(14)28-19)18(27-12)22-29(24,25)13-8-4-3-5-9-13/h3-11,22H,1-2H3. The summed E-state index contributed by atoms with van der Waals surface area (Å²) >= 11 is 1.33. The van der Waals surface area contributed by atoms with Crippen LogP contribution in [-0.4, -0.2) is 26.5 Å². The fourth-order valence-electron chi connectivity index (χ4n) is 2.93. The third-order valence-corrected chi connectivity index (χ3v) is 6.66. The van der Waals surface area contributed by atoms with Gasteiger partial charge in [0, 0.05) is 0 Å². The first kappa shape index (κ1) is 19.2. The van der Waals surface area contributed by atoms with Gasteiger partial charge in [0.1, 0.15) is 16.3 Å². The van der Waals surface area contributed by atoms with E-state index in [0.717, 1.165) is 10.2 Å². The van der Waals surface area contributed by atoms with E-state index in [2.05, 4.69) is 9.71 Å². The number of nitrogens with one attached hydrogen (secondary N) is 1. The number of methoxy groups -OCH3 is 1. The van der Waals surface area contributed by atoms with Gasteiger partial charge in [-0.25, -0.2) is 22.9 Å². The highest BCUT2D eigenvalue weighted by atomic mass is 32.2. The SMILES string of the molecule is COC(=O)c1c(C)oc(NS(=O)(=O)c2ccccc2)c1-c1nc2ccccc2s1. The number of sulfonamides is 1. The molecule has 0 bridgehead atoms. The average molecular weight is 428 g/mol. The summed E-state index contributed by atoms with van der Waals surface area (Å²) in [4.78, 5) is 17.0. The maximum atomic E-state index is 12.8. The van der Waals surface area contributed by atoms with Gasteiger partial charge in [0.05, 0.1) is 27.8 Å². The van der Waals surface area contributed by atoms with Crippen molar-refractivity contribution in [3.63, 3.8) is 0 Å². The molecule has 4 rings (SSSR count). The maximum Gasteiger partial charge on any atom is 0.342 e. The molecule has 2 aromatic carbocycles. The molecule has 0 unspecified atom stereocenters. The third kappa shape index (κ3) is 3.50. The first-order valence-corrected chi connectivity index (χ1v) is 10.9. The lowest BCUT2D eigenvalue weighted by Crippen LogP contribution is -2.13. The molecule has 2 heterocycles. The van der Waals surface area contributed by atoms with Crippen LogP contribution in [0.25, 0.3) is 20.8 Å². The maximum absolute atomic E-state index is 12.8. The minimum Gasteiger partial charge on any atom is -0.465 e. The number of nitrogens with zero attached hydrogens (tertiary/aromatic N) is 1. The zero-order valence-electron chi connectivity index (χ0n) is 15.5. The summed E-state index contributed by atoms with van der Waals surface area (Å²) < 4.78 is 39.5. The van der Waals surface area contributed by atoms with Crippen molar-refractivity contribution in [2.45, 2.75) is 11.8 Å². The van der Waals surface area contributed by atoms with E-state index in [0.29, 0.717) is 5.01 Å². The third-order valence-electron chi connectivity index (χ3n) is 4.26. The van der Waals surface area contributed by atoms with Gasteiger partial charge in [-0.15, -0.1) is 11.3 Å². The Kier molecular flexibility index (Phi) is 4.85. The summed E-state index contributed by atoms with van der Waals surface area (Å²) in [6.07, 6.45) is 0. The smallest absolute Gasteiger partial charge is 0.342 e. The number of benzene rings is 2. The molecule has 9 heteroatoms. The van der Waals surface area contributed by atoms with E-state index in [1.54, 1.807) is 25.1 Å². The van der Waals surface area contributed by atoms with Crippen molar-refractivity contribution < 1.29 is 22.4 Å². The number of ether oxygens (including phenoxy) is 1. The molecule has 0 saturated heterocycles. The molecule has 148 valence electrons. The molecule has 29 heavy (non-hydrogen) atoms. The molecule has 0 atom stereocenters. The Labute approximate surface area is 171 Å². The number of furan rings is 1. The summed E-state index contributed by atoms with van der Waals surface area (Å²) in [5.41, 5.74) is 1.13. The predicted molar refractivity (Wildman–Crippen MR) is 111 cm³/mol. The molecule has 0 radical (unpaired) electrons. The van der Waals surface area contributed by atoms with Crippen molar-refractivity contribution in [1.29, 1.82) is 0 Å². The summed E-state index contributed by atoms with van der Waals surface area (Å²) in [6, 6.07) is 15.4. The van der Waals surface area contributed by atoms with Crippen LogP contribution >= 0.6 is 11.3 Å². The summed E-state index contributed by atoms with van der Waals surface area (Å²) in [5.74, 6) is -0.478. The molecule has 4 aromatic rings. The van der Waals surface area contributed by atoms with E-state index in [1.165, 1.54) is 30.6 Å². The molecular formula is C20H16N2O5S2. The largest absolute Gasteiger partial charge is 0.465 e. The second kappa shape index (κ2) is 7.34. The Balaban J connectivity index is 1.90. The second-order valence-corrected chi connectivity index (χ2v) is 8.85. The van der Waals surface area contributed by atoms with Gasteiger partial charge in [-0.1, -0.05) is 30.3 Å². The Bertz CT molecular complexity index is 1270. The number of carbonyl (C=O) groups is 1. The van der Waals surface area contributed by atoms with Gasteiger partial charge in [-0.3, -0.25) is 0 Å². The van der Waals surface area contributed by atoms with Crippen LogP contribution in [0.3, 0.4) is 0 Å². The number of fused-ring (bicyclic) bond motifs is 1. The average Bonchev–Trinajstić information content (AvgIpc) is 3.28. The van der Waals surface area contributed by atoms with E-state index in [1.807, 2.05) is 24.3 Å². The molecule has 0 saturated carbocycles. The van der Waals surface area contributed by atoms with Gasteiger partial charge < -0.3 is 9.15 Å². The zero-order chi connectivity index (χ0) is 20.6. The van der Waals surface area contributed by atoms with Gasteiger partial charge in [-0.2, -0.15) is 0 Å². The highest BCUT2D eigenvalue weighted by Crippen LogP contribution is 2.41. The lowest BCUT2D eigenvalue weighted by Gasteiger charge is -2.07. The van der Waals surface area contributed by atoms with E-state index < -0.39 is 16.0 Å². The van der Waals surface area contributed by atoms with Crippen LogP contribution in [-0.2, 0) is 14.8 Å². The molecule has 7 nitrogen and oxygen atoms in total. The number of para-hydroxylation sites is 1. The van der Waals surface area contributed by atoms with E-state index in [9.17, 15) is 13.2 Å². The lowest BCUT2D eigenvalue weighted by molar-refractivity contribution is 0.0599. The normalized spacial score (nSPS) is 11.5. The van der Waals surface area contributed by atoms with Crippen molar-refractivity contribution >= 4 is 43.4 Å². The Morgan fingerprint density at radius 1 is 1.10 bits per heavy atom. The number of carbonyl (C=O) groups excluding carboxylic acids is 1. The molecule has 0 spiro atoms. The van der Waals surface area contributed by atoms with Gasteiger partial charge >= 0.3 is 5.97 Å². The van der Waals surface area contributed by atoms with Crippen LogP contribution in [0.15, 0.2) is 63.9 Å². The van der Waals surface area contributed by atoms with Crippen LogP contribution in [0.2, 0.25) is 0 Å².